The van der Waals surface area contributed by atoms with E-state index in [1.165, 1.54) is 5.56 Å². The lowest BCUT2D eigenvalue weighted by Crippen LogP contribution is -2.30. The summed E-state index contributed by atoms with van der Waals surface area (Å²) in [4.78, 5) is 26.5. The first-order valence-electron chi connectivity index (χ1n) is 9.37. The van der Waals surface area contributed by atoms with Crippen molar-refractivity contribution in [1.82, 2.24) is 10.2 Å². The number of thioether (sulfide) groups is 1. The van der Waals surface area contributed by atoms with E-state index in [0.29, 0.717) is 30.3 Å². The fraction of sp³-hybridized carbons (Fsp3) is 0.364. The molecule has 0 unspecified atom stereocenters. The minimum Gasteiger partial charge on any atom is -0.352 e. The number of carbonyl (C=O) groups is 2. The van der Waals surface area contributed by atoms with E-state index in [0.717, 1.165) is 12.0 Å². The highest BCUT2D eigenvalue weighted by molar-refractivity contribution is 8.00. The van der Waals surface area contributed by atoms with Crippen LogP contribution in [0.2, 0.25) is 0 Å². The van der Waals surface area contributed by atoms with Crippen molar-refractivity contribution < 1.29 is 9.59 Å². The first-order valence-corrected chi connectivity index (χ1v) is 10.4. The van der Waals surface area contributed by atoms with E-state index < -0.39 is 0 Å². The second kappa shape index (κ2) is 9.09. The highest BCUT2D eigenvalue weighted by Gasteiger charge is 2.32. The van der Waals surface area contributed by atoms with Crippen LogP contribution in [-0.4, -0.2) is 35.6 Å². The molecule has 0 saturated carbocycles. The first-order chi connectivity index (χ1) is 13.0. The van der Waals surface area contributed by atoms with Crippen LogP contribution < -0.4 is 5.32 Å². The van der Waals surface area contributed by atoms with Gasteiger partial charge in [0.05, 0.1) is 5.75 Å². The molecule has 3 rings (SSSR count). The summed E-state index contributed by atoms with van der Waals surface area (Å²) in [5, 5.41) is 2.96. The Morgan fingerprint density at radius 1 is 1.15 bits per heavy atom. The molecule has 0 aromatic heterocycles. The van der Waals surface area contributed by atoms with Gasteiger partial charge >= 0.3 is 0 Å². The molecule has 1 fully saturated rings. The summed E-state index contributed by atoms with van der Waals surface area (Å²) < 4.78 is 0. The number of rotatable bonds is 7. The molecule has 27 heavy (non-hydrogen) atoms. The van der Waals surface area contributed by atoms with Crippen LogP contribution in [0.4, 0.5) is 0 Å². The van der Waals surface area contributed by atoms with Crippen molar-refractivity contribution in [3.8, 4) is 0 Å². The molecule has 1 atom stereocenters. The molecule has 2 aromatic carbocycles. The summed E-state index contributed by atoms with van der Waals surface area (Å²) in [5.74, 6) is 1.06. The number of benzene rings is 2. The minimum absolute atomic E-state index is 0.0222. The van der Waals surface area contributed by atoms with Crippen molar-refractivity contribution in [2.45, 2.75) is 25.6 Å². The molecular weight excluding hydrogens is 356 g/mol. The number of nitrogens with zero attached hydrogens (tertiary/aromatic N) is 1. The highest BCUT2D eigenvalue weighted by Crippen LogP contribution is 2.38. The molecule has 0 radical (unpaired) electrons. The Hall–Kier alpha value is -2.27. The van der Waals surface area contributed by atoms with Crippen LogP contribution in [0.25, 0.3) is 0 Å². The molecule has 1 heterocycles. The van der Waals surface area contributed by atoms with Crippen LogP contribution in [0.5, 0.6) is 0 Å². The van der Waals surface area contributed by atoms with Gasteiger partial charge in [0.15, 0.2) is 0 Å². The second-order valence-electron chi connectivity index (χ2n) is 7.21. The lowest BCUT2D eigenvalue weighted by molar-refractivity contribution is -0.128. The number of hydrogen-bond acceptors (Lipinski definition) is 3. The standard InChI is InChI=1S/C22H26N2O2S/c1-16(2)14-23-21(26)18-8-10-19(11-9-18)22-24(20(25)15-27-22)13-12-17-6-4-3-5-7-17/h3-11,16,22H,12-15H2,1-2H3,(H,23,26)/t22-/m0/s1. The predicted molar refractivity (Wildman–Crippen MR) is 111 cm³/mol. The van der Waals surface area contributed by atoms with Gasteiger partial charge in [-0.3, -0.25) is 9.59 Å². The van der Waals surface area contributed by atoms with E-state index in [9.17, 15) is 9.59 Å². The Kier molecular flexibility index (Phi) is 6.56. The van der Waals surface area contributed by atoms with E-state index in [-0.39, 0.29) is 17.2 Å². The molecule has 4 nitrogen and oxygen atoms in total. The molecule has 0 aliphatic carbocycles. The predicted octanol–water partition coefficient (Wildman–Crippen LogP) is 3.89. The monoisotopic (exact) mass is 382 g/mol. The van der Waals surface area contributed by atoms with Gasteiger partial charge in [0.2, 0.25) is 5.91 Å². The van der Waals surface area contributed by atoms with Crippen molar-refractivity contribution in [3.63, 3.8) is 0 Å². The van der Waals surface area contributed by atoms with Crippen LogP contribution in [-0.2, 0) is 11.2 Å². The molecule has 5 heteroatoms. The Morgan fingerprint density at radius 3 is 2.52 bits per heavy atom. The number of hydrogen-bond donors (Lipinski definition) is 1. The third-order valence-electron chi connectivity index (χ3n) is 4.58. The first kappa shape index (κ1) is 19.5. The average molecular weight is 383 g/mol. The normalized spacial score (nSPS) is 16.8. The van der Waals surface area contributed by atoms with Gasteiger partial charge in [-0.25, -0.2) is 0 Å². The van der Waals surface area contributed by atoms with Crippen molar-refractivity contribution in [2.75, 3.05) is 18.8 Å². The van der Waals surface area contributed by atoms with Crippen molar-refractivity contribution >= 4 is 23.6 Å². The SMILES string of the molecule is CC(C)CNC(=O)c1ccc([C@@H]2SCC(=O)N2CCc2ccccc2)cc1. The molecule has 1 saturated heterocycles. The third-order valence-corrected chi connectivity index (χ3v) is 5.84. The molecule has 1 N–H and O–H groups in total. The van der Waals surface area contributed by atoms with Gasteiger partial charge in [-0.05, 0) is 35.6 Å². The van der Waals surface area contributed by atoms with E-state index in [1.807, 2.05) is 47.4 Å². The van der Waals surface area contributed by atoms with Gasteiger partial charge in [-0.1, -0.05) is 56.3 Å². The largest absolute Gasteiger partial charge is 0.352 e. The Balaban J connectivity index is 1.65. The van der Waals surface area contributed by atoms with Crippen molar-refractivity contribution in [3.05, 3.63) is 71.3 Å². The maximum atomic E-state index is 12.3. The summed E-state index contributed by atoms with van der Waals surface area (Å²) in [6, 6.07) is 17.9. The number of carbonyl (C=O) groups excluding carboxylic acids is 2. The molecule has 1 aliphatic rings. The maximum absolute atomic E-state index is 12.3. The quantitative estimate of drug-likeness (QED) is 0.790. The summed E-state index contributed by atoms with van der Waals surface area (Å²) in [7, 11) is 0. The molecule has 0 bridgehead atoms. The van der Waals surface area contributed by atoms with Gasteiger partial charge < -0.3 is 10.2 Å². The van der Waals surface area contributed by atoms with Crippen LogP contribution in [0, 0.1) is 5.92 Å². The van der Waals surface area contributed by atoms with Gasteiger partial charge in [-0.2, -0.15) is 0 Å². The Morgan fingerprint density at radius 2 is 1.85 bits per heavy atom. The third kappa shape index (κ3) is 5.13. The number of nitrogens with one attached hydrogen (secondary N) is 1. The van der Waals surface area contributed by atoms with Crippen LogP contribution >= 0.6 is 11.8 Å². The van der Waals surface area contributed by atoms with E-state index in [4.69, 9.17) is 0 Å². The maximum Gasteiger partial charge on any atom is 0.251 e. The van der Waals surface area contributed by atoms with E-state index >= 15 is 0 Å². The highest BCUT2D eigenvalue weighted by atomic mass is 32.2. The zero-order valence-corrected chi connectivity index (χ0v) is 16.7. The summed E-state index contributed by atoms with van der Waals surface area (Å²) in [5.41, 5.74) is 2.96. The minimum atomic E-state index is -0.0497. The Labute approximate surface area is 165 Å². The van der Waals surface area contributed by atoms with Crippen molar-refractivity contribution in [2.24, 2.45) is 5.92 Å². The van der Waals surface area contributed by atoms with Gasteiger partial charge in [0.1, 0.15) is 5.37 Å². The van der Waals surface area contributed by atoms with Gasteiger partial charge in [0, 0.05) is 18.7 Å². The molecule has 2 aromatic rings. The van der Waals surface area contributed by atoms with Crippen LogP contribution in [0.3, 0.4) is 0 Å². The summed E-state index contributed by atoms with van der Waals surface area (Å²) >= 11 is 1.65. The fourth-order valence-electron chi connectivity index (χ4n) is 3.06. The van der Waals surface area contributed by atoms with E-state index in [2.05, 4.69) is 31.3 Å². The lowest BCUT2D eigenvalue weighted by atomic mass is 10.1. The molecule has 142 valence electrons. The van der Waals surface area contributed by atoms with Crippen LogP contribution in [0.15, 0.2) is 54.6 Å². The van der Waals surface area contributed by atoms with E-state index in [1.54, 1.807) is 11.8 Å². The smallest absolute Gasteiger partial charge is 0.251 e. The van der Waals surface area contributed by atoms with Gasteiger partial charge in [-0.15, -0.1) is 11.8 Å². The molecule has 2 amide bonds. The lowest BCUT2D eigenvalue weighted by Gasteiger charge is -2.24. The molecular formula is C22H26N2O2S. The molecule has 0 spiro atoms. The number of amides is 2. The second-order valence-corrected chi connectivity index (χ2v) is 8.28. The average Bonchev–Trinajstić information content (AvgIpc) is 3.06. The Bertz CT molecular complexity index is 775. The summed E-state index contributed by atoms with van der Waals surface area (Å²) in [6.45, 7) is 5.52. The van der Waals surface area contributed by atoms with Crippen LogP contribution in [0.1, 0.15) is 40.7 Å². The topological polar surface area (TPSA) is 49.4 Å². The fourth-order valence-corrected chi connectivity index (χ4v) is 4.28. The zero-order chi connectivity index (χ0) is 19.2. The zero-order valence-electron chi connectivity index (χ0n) is 15.9. The van der Waals surface area contributed by atoms with Gasteiger partial charge in [0.25, 0.3) is 5.91 Å². The summed E-state index contributed by atoms with van der Waals surface area (Å²) in [6.07, 6.45) is 0.847. The van der Waals surface area contributed by atoms with Crippen molar-refractivity contribution in [1.29, 1.82) is 0 Å². The molecule has 1 aliphatic heterocycles.